The molecular formula is C27H39N3O. The van der Waals surface area contributed by atoms with Crippen molar-refractivity contribution in [1.82, 2.24) is 14.4 Å². The minimum atomic E-state index is 0.198. The molecule has 0 radical (unpaired) electrons. The Bertz CT molecular complexity index is 932. The third kappa shape index (κ3) is 4.45. The van der Waals surface area contributed by atoms with Gasteiger partial charge in [-0.2, -0.15) is 0 Å². The van der Waals surface area contributed by atoms with Gasteiger partial charge in [0.05, 0.1) is 0 Å². The molecule has 0 aliphatic carbocycles. The highest BCUT2D eigenvalue weighted by atomic mass is 16.2. The number of carbonyl (C=O) groups is 1. The largest absolute Gasteiger partial charge is 0.340 e. The van der Waals surface area contributed by atoms with Crippen molar-refractivity contribution >= 4 is 16.8 Å². The van der Waals surface area contributed by atoms with Crippen LogP contribution in [0.25, 0.3) is 10.9 Å². The van der Waals surface area contributed by atoms with Crippen LogP contribution in [0, 0.1) is 11.8 Å². The van der Waals surface area contributed by atoms with Crippen LogP contribution in [0.2, 0.25) is 0 Å². The van der Waals surface area contributed by atoms with Crippen molar-refractivity contribution in [3.63, 3.8) is 0 Å². The molecule has 0 N–H and O–H groups in total. The normalized spacial score (nSPS) is 18.0. The average Bonchev–Trinajstić information content (AvgIpc) is 3.10. The van der Waals surface area contributed by atoms with Gasteiger partial charge in [-0.3, -0.25) is 9.69 Å². The fourth-order valence-electron chi connectivity index (χ4n) is 5.44. The summed E-state index contributed by atoms with van der Waals surface area (Å²) in [5, 5.41) is 1.27. The van der Waals surface area contributed by atoms with E-state index in [2.05, 4.69) is 48.9 Å². The predicted octanol–water partition coefficient (Wildman–Crippen LogP) is 5.49. The molecule has 1 aromatic carbocycles. The maximum Gasteiger partial charge on any atom is 0.253 e. The van der Waals surface area contributed by atoms with Crippen molar-refractivity contribution in [3.8, 4) is 0 Å². The van der Waals surface area contributed by atoms with Gasteiger partial charge >= 0.3 is 0 Å². The highest BCUT2D eigenvalue weighted by Crippen LogP contribution is 2.33. The number of aromatic nitrogens is 1. The molecule has 1 amide bonds. The lowest BCUT2D eigenvalue weighted by molar-refractivity contribution is 0.0697. The summed E-state index contributed by atoms with van der Waals surface area (Å²) in [5.41, 5.74) is 4.96. The lowest BCUT2D eigenvalue weighted by Gasteiger charge is -2.31. The van der Waals surface area contributed by atoms with Crippen molar-refractivity contribution < 1.29 is 4.79 Å². The van der Waals surface area contributed by atoms with E-state index in [1.807, 2.05) is 17.0 Å². The van der Waals surface area contributed by atoms with E-state index in [9.17, 15) is 4.79 Å². The van der Waals surface area contributed by atoms with Gasteiger partial charge in [-0.05, 0) is 48.4 Å². The van der Waals surface area contributed by atoms with E-state index >= 15 is 0 Å². The van der Waals surface area contributed by atoms with Crippen molar-refractivity contribution in [2.45, 2.75) is 66.0 Å². The second-order valence-electron chi connectivity index (χ2n) is 9.70. The minimum absolute atomic E-state index is 0.198. The summed E-state index contributed by atoms with van der Waals surface area (Å²) < 4.78 is 2.42. The Hall–Kier alpha value is -2.07. The summed E-state index contributed by atoms with van der Waals surface area (Å²) in [4.78, 5) is 17.9. The van der Waals surface area contributed by atoms with Gasteiger partial charge in [0, 0.05) is 67.8 Å². The first-order chi connectivity index (χ1) is 15.0. The van der Waals surface area contributed by atoms with Gasteiger partial charge in [-0.25, -0.2) is 0 Å². The van der Waals surface area contributed by atoms with Crippen LogP contribution in [0.5, 0.6) is 0 Å². The lowest BCUT2D eigenvalue weighted by Crippen LogP contribution is -2.37. The SMILES string of the molecule is C=CCn1c2c(c3cc(C(=O)N4CCC(C)CC4)ccc31)CN(CC(CC)CC)CC2. The molecule has 1 saturated heterocycles. The van der Waals surface area contributed by atoms with E-state index in [-0.39, 0.29) is 5.91 Å². The monoisotopic (exact) mass is 421 g/mol. The molecule has 2 aromatic rings. The highest BCUT2D eigenvalue weighted by Gasteiger charge is 2.27. The van der Waals surface area contributed by atoms with Crippen LogP contribution in [0.1, 0.15) is 68.1 Å². The number of rotatable bonds is 7. The molecule has 2 aliphatic rings. The quantitative estimate of drug-likeness (QED) is 0.553. The van der Waals surface area contributed by atoms with Gasteiger partial charge in [0.1, 0.15) is 0 Å². The van der Waals surface area contributed by atoms with Gasteiger partial charge < -0.3 is 9.47 Å². The van der Waals surface area contributed by atoms with E-state index in [0.717, 1.165) is 69.4 Å². The Morgan fingerprint density at radius 1 is 1.19 bits per heavy atom. The second kappa shape index (κ2) is 9.60. The fourth-order valence-corrected chi connectivity index (χ4v) is 5.44. The zero-order chi connectivity index (χ0) is 22.0. The van der Waals surface area contributed by atoms with Crippen LogP contribution in [0.3, 0.4) is 0 Å². The molecule has 1 aromatic heterocycles. The molecule has 2 aliphatic heterocycles. The Morgan fingerprint density at radius 3 is 2.61 bits per heavy atom. The summed E-state index contributed by atoms with van der Waals surface area (Å²) >= 11 is 0. The highest BCUT2D eigenvalue weighted by molar-refractivity contribution is 5.99. The molecule has 0 atom stereocenters. The number of fused-ring (bicyclic) bond motifs is 3. The molecule has 31 heavy (non-hydrogen) atoms. The maximum atomic E-state index is 13.2. The van der Waals surface area contributed by atoms with Gasteiger partial charge in [-0.1, -0.05) is 39.7 Å². The van der Waals surface area contributed by atoms with E-state index in [4.69, 9.17) is 0 Å². The van der Waals surface area contributed by atoms with E-state index in [0.29, 0.717) is 0 Å². The average molecular weight is 422 g/mol. The second-order valence-corrected chi connectivity index (χ2v) is 9.70. The number of hydrogen-bond acceptors (Lipinski definition) is 2. The zero-order valence-electron chi connectivity index (χ0n) is 19.7. The minimum Gasteiger partial charge on any atom is -0.340 e. The number of benzene rings is 1. The van der Waals surface area contributed by atoms with Crippen molar-refractivity contribution in [2.24, 2.45) is 11.8 Å². The van der Waals surface area contributed by atoms with Gasteiger partial charge in [-0.15, -0.1) is 6.58 Å². The van der Waals surface area contributed by atoms with Gasteiger partial charge in [0.2, 0.25) is 0 Å². The smallest absolute Gasteiger partial charge is 0.253 e. The molecular weight excluding hydrogens is 382 g/mol. The van der Waals surface area contributed by atoms with Gasteiger partial charge in [0.25, 0.3) is 5.91 Å². The van der Waals surface area contributed by atoms with Crippen molar-refractivity contribution in [2.75, 3.05) is 26.2 Å². The lowest BCUT2D eigenvalue weighted by atomic mass is 9.97. The molecule has 0 bridgehead atoms. The molecule has 0 spiro atoms. The summed E-state index contributed by atoms with van der Waals surface area (Å²) in [6, 6.07) is 6.38. The number of amides is 1. The molecule has 1 fully saturated rings. The summed E-state index contributed by atoms with van der Waals surface area (Å²) in [7, 11) is 0. The molecule has 4 heteroatoms. The first-order valence-corrected chi connectivity index (χ1v) is 12.3. The summed E-state index contributed by atoms with van der Waals surface area (Å²) in [6.07, 6.45) is 7.78. The first kappa shape index (κ1) is 22.1. The Balaban J connectivity index is 1.66. The molecule has 168 valence electrons. The van der Waals surface area contributed by atoms with Crippen LogP contribution >= 0.6 is 0 Å². The molecule has 4 nitrogen and oxygen atoms in total. The number of piperidine rings is 1. The topological polar surface area (TPSA) is 28.5 Å². The molecule has 0 saturated carbocycles. The zero-order valence-corrected chi connectivity index (χ0v) is 19.7. The van der Waals surface area contributed by atoms with E-state index in [1.54, 1.807) is 0 Å². The number of nitrogens with zero attached hydrogens (tertiary/aromatic N) is 3. The Morgan fingerprint density at radius 2 is 1.94 bits per heavy atom. The van der Waals surface area contributed by atoms with E-state index < -0.39 is 0 Å². The van der Waals surface area contributed by atoms with Crippen molar-refractivity contribution in [3.05, 3.63) is 47.7 Å². The van der Waals surface area contributed by atoms with Crippen LogP contribution in [-0.2, 0) is 19.5 Å². The number of carbonyl (C=O) groups excluding carboxylic acids is 1. The third-order valence-corrected chi connectivity index (χ3v) is 7.63. The number of allylic oxidation sites excluding steroid dienone is 1. The van der Waals surface area contributed by atoms with E-state index in [1.165, 1.54) is 41.5 Å². The molecule has 0 unspecified atom stereocenters. The van der Waals surface area contributed by atoms with Crippen molar-refractivity contribution in [1.29, 1.82) is 0 Å². The van der Waals surface area contributed by atoms with Crippen LogP contribution in [-0.4, -0.2) is 46.5 Å². The summed E-state index contributed by atoms with van der Waals surface area (Å²) in [5.74, 6) is 1.69. The maximum absolute atomic E-state index is 13.2. The first-order valence-electron chi connectivity index (χ1n) is 12.3. The number of hydrogen-bond donors (Lipinski definition) is 0. The molecule has 4 rings (SSSR count). The molecule has 3 heterocycles. The number of likely N-dealkylation sites (tertiary alicyclic amines) is 1. The van der Waals surface area contributed by atoms with Crippen LogP contribution in [0.4, 0.5) is 0 Å². The third-order valence-electron chi connectivity index (χ3n) is 7.63. The fraction of sp³-hybridized carbons (Fsp3) is 0.593. The Labute approximate surface area is 187 Å². The Kier molecular flexibility index (Phi) is 6.86. The van der Waals surface area contributed by atoms with Crippen LogP contribution < -0.4 is 0 Å². The van der Waals surface area contributed by atoms with Crippen LogP contribution in [0.15, 0.2) is 30.9 Å². The summed E-state index contributed by atoms with van der Waals surface area (Å²) in [6.45, 7) is 16.8. The standard InChI is InChI=1S/C27H39N3O/c1-5-13-30-25-9-8-22(27(31)29-15-10-20(4)11-16-29)17-23(25)24-19-28(14-12-26(24)30)18-21(6-2)7-3/h5,8-9,17,20-21H,1,6-7,10-16,18-19H2,2-4H3. The predicted molar refractivity (Wildman–Crippen MR) is 129 cm³/mol. The van der Waals surface area contributed by atoms with Gasteiger partial charge in [0.15, 0.2) is 0 Å².